The number of nitrogens with two attached hydrogens (primary N) is 1. The Labute approximate surface area is 208 Å². The maximum atomic E-state index is 12.7. The summed E-state index contributed by atoms with van der Waals surface area (Å²) in [7, 11) is 0. The van der Waals surface area contributed by atoms with Crippen molar-refractivity contribution in [2.75, 3.05) is 18.1 Å². The van der Waals surface area contributed by atoms with Gasteiger partial charge in [-0.15, -0.1) is 0 Å². The van der Waals surface area contributed by atoms with Crippen LogP contribution in [-0.4, -0.2) is 40.7 Å². The van der Waals surface area contributed by atoms with Crippen molar-refractivity contribution in [1.29, 1.82) is 0 Å². The summed E-state index contributed by atoms with van der Waals surface area (Å²) in [6, 6.07) is 16.8. The van der Waals surface area contributed by atoms with Gasteiger partial charge in [0.1, 0.15) is 5.15 Å². The summed E-state index contributed by atoms with van der Waals surface area (Å²) in [4.78, 5) is 37.5. The number of carbonyl (C=O) groups excluding carboxylic acids is 3. The monoisotopic (exact) mass is 494 g/mol. The molecule has 182 valence electrons. The smallest absolute Gasteiger partial charge is 0.331 e. The summed E-state index contributed by atoms with van der Waals surface area (Å²) in [5.41, 5.74) is 9.26. The Hall–Kier alpha value is -3.91. The lowest BCUT2D eigenvalue weighted by atomic mass is 10.1. The van der Waals surface area contributed by atoms with Crippen molar-refractivity contribution in [3.8, 4) is 0 Å². The fourth-order valence-corrected chi connectivity index (χ4v) is 3.66. The molecule has 9 heteroatoms. The molecule has 0 fully saturated rings. The summed E-state index contributed by atoms with van der Waals surface area (Å²) in [6.45, 7) is 3.90. The number of esters is 1. The molecule has 2 aromatic carbocycles. The van der Waals surface area contributed by atoms with Crippen LogP contribution in [0.15, 0.2) is 60.7 Å². The minimum absolute atomic E-state index is 0.0150. The molecule has 0 saturated heterocycles. The van der Waals surface area contributed by atoms with Gasteiger partial charge in [0, 0.05) is 30.3 Å². The van der Waals surface area contributed by atoms with Gasteiger partial charge in [-0.1, -0.05) is 59.6 Å². The molecule has 0 aliphatic rings. The first-order chi connectivity index (χ1) is 16.7. The Bertz CT molecular complexity index is 1220. The zero-order valence-electron chi connectivity index (χ0n) is 19.6. The minimum Gasteiger partial charge on any atom is -0.452 e. The second-order valence-corrected chi connectivity index (χ2v) is 8.33. The molecule has 3 rings (SSSR count). The Morgan fingerprint density at radius 3 is 2.43 bits per heavy atom. The summed E-state index contributed by atoms with van der Waals surface area (Å²) < 4.78 is 6.78. The van der Waals surface area contributed by atoms with Gasteiger partial charge in [-0.2, -0.15) is 5.10 Å². The molecule has 1 heterocycles. The summed E-state index contributed by atoms with van der Waals surface area (Å²) in [5, 5.41) is 4.85. The van der Waals surface area contributed by atoms with Crippen molar-refractivity contribution in [3.05, 3.63) is 88.2 Å². The van der Waals surface area contributed by atoms with E-state index in [9.17, 15) is 14.4 Å². The molecule has 0 aliphatic heterocycles. The van der Waals surface area contributed by atoms with E-state index in [1.807, 2.05) is 31.2 Å². The van der Waals surface area contributed by atoms with Gasteiger partial charge < -0.3 is 15.4 Å². The highest BCUT2D eigenvalue weighted by Crippen LogP contribution is 2.22. The number of benzene rings is 2. The predicted molar refractivity (Wildman–Crippen MR) is 135 cm³/mol. The largest absolute Gasteiger partial charge is 0.452 e. The molecular formula is C26H27ClN4O4. The summed E-state index contributed by atoms with van der Waals surface area (Å²) in [5.74, 6) is -1.71. The van der Waals surface area contributed by atoms with Crippen molar-refractivity contribution >= 4 is 41.1 Å². The molecular weight excluding hydrogens is 468 g/mol. The maximum absolute atomic E-state index is 12.7. The molecule has 1 aromatic heterocycles. The third-order valence-electron chi connectivity index (χ3n) is 5.24. The molecule has 0 atom stereocenters. The Balaban J connectivity index is 1.62. The molecule has 35 heavy (non-hydrogen) atoms. The number of carbonyl (C=O) groups is 3. The molecule has 0 saturated carbocycles. The lowest BCUT2D eigenvalue weighted by molar-refractivity contribution is -0.143. The van der Waals surface area contributed by atoms with Crippen molar-refractivity contribution in [3.63, 3.8) is 0 Å². The van der Waals surface area contributed by atoms with Gasteiger partial charge in [0.15, 0.2) is 6.61 Å². The van der Waals surface area contributed by atoms with Gasteiger partial charge in [-0.05, 0) is 37.6 Å². The van der Waals surface area contributed by atoms with Crippen molar-refractivity contribution in [2.24, 2.45) is 5.73 Å². The predicted octanol–water partition coefficient (Wildman–Crippen LogP) is 3.67. The third-order valence-corrected chi connectivity index (χ3v) is 5.64. The molecule has 8 nitrogen and oxygen atoms in total. The second kappa shape index (κ2) is 12.0. The number of para-hydroxylation sites is 1. The minimum atomic E-state index is -0.706. The van der Waals surface area contributed by atoms with Gasteiger partial charge in [-0.3, -0.25) is 9.59 Å². The maximum Gasteiger partial charge on any atom is 0.331 e. The molecule has 2 amide bonds. The van der Waals surface area contributed by atoms with Crippen molar-refractivity contribution < 1.29 is 19.1 Å². The normalized spacial score (nSPS) is 10.9. The second-order valence-electron chi connectivity index (χ2n) is 7.97. The van der Waals surface area contributed by atoms with E-state index in [1.165, 1.54) is 17.1 Å². The first-order valence-electron chi connectivity index (χ1n) is 11.0. The highest BCUT2D eigenvalue weighted by Gasteiger charge is 2.18. The summed E-state index contributed by atoms with van der Waals surface area (Å²) in [6.07, 6.45) is 2.71. The topological polar surface area (TPSA) is 108 Å². The number of aromatic nitrogens is 2. The van der Waals surface area contributed by atoms with Crippen LogP contribution in [0.3, 0.4) is 0 Å². The van der Waals surface area contributed by atoms with E-state index in [0.29, 0.717) is 28.6 Å². The zero-order valence-corrected chi connectivity index (χ0v) is 20.4. The van der Waals surface area contributed by atoms with Crippen LogP contribution in [-0.2, 0) is 25.7 Å². The average Bonchev–Trinajstić information content (AvgIpc) is 3.10. The first-order valence-corrected chi connectivity index (χ1v) is 11.4. The number of aryl methyl sites for hydroxylation is 2. The van der Waals surface area contributed by atoms with Crippen LogP contribution < -0.4 is 10.6 Å². The number of hydrogen-bond donors (Lipinski definition) is 1. The van der Waals surface area contributed by atoms with Gasteiger partial charge in [0.25, 0.3) is 5.91 Å². The summed E-state index contributed by atoms with van der Waals surface area (Å²) >= 11 is 6.49. The quantitative estimate of drug-likeness (QED) is 0.342. The van der Waals surface area contributed by atoms with E-state index in [2.05, 4.69) is 5.10 Å². The number of nitrogens with zero attached hydrogens (tertiary/aromatic N) is 3. The molecule has 0 bridgehead atoms. The van der Waals surface area contributed by atoms with Gasteiger partial charge >= 0.3 is 5.97 Å². The van der Waals surface area contributed by atoms with Crippen LogP contribution in [0.5, 0.6) is 0 Å². The van der Waals surface area contributed by atoms with Crippen molar-refractivity contribution in [1.82, 2.24) is 9.78 Å². The zero-order chi connectivity index (χ0) is 25.4. The van der Waals surface area contributed by atoms with E-state index < -0.39 is 24.4 Å². The van der Waals surface area contributed by atoms with E-state index in [4.69, 9.17) is 22.1 Å². The van der Waals surface area contributed by atoms with E-state index in [0.717, 1.165) is 11.1 Å². The average molecular weight is 495 g/mol. The molecule has 0 aliphatic carbocycles. The SMILES string of the molecule is Cc1ccc(Cn2nc(C)c(/C=C/C(=O)OCC(=O)N(CCC(N)=O)c3ccccc3)c2Cl)cc1. The van der Waals surface area contributed by atoms with Crippen LogP contribution >= 0.6 is 11.6 Å². The fraction of sp³-hybridized carbons (Fsp3) is 0.231. The lowest BCUT2D eigenvalue weighted by Crippen LogP contribution is -2.37. The number of halogens is 1. The molecule has 0 spiro atoms. The molecule has 2 N–H and O–H groups in total. The number of anilines is 1. The Morgan fingerprint density at radius 1 is 1.09 bits per heavy atom. The van der Waals surface area contributed by atoms with E-state index >= 15 is 0 Å². The van der Waals surface area contributed by atoms with Crippen LogP contribution in [0, 0.1) is 13.8 Å². The van der Waals surface area contributed by atoms with E-state index in [1.54, 1.807) is 41.9 Å². The van der Waals surface area contributed by atoms with Gasteiger partial charge in [-0.25, -0.2) is 9.48 Å². The third kappa shape index (κ3) is 7.28. The highest BCUT2D eigenvalue weighted by molar-refractivity contribution is 6.31. The fourth-order valence-electron chi connectivity index (χ4n) is 3.37. The number of ether oxygens (including phenoxy) is 1. The lowest BCUT2D eigenvalue weighted by Gasteiger charge is -2.22. The standard InChI is InChI=1S/C26H27ClN4O4/c1-18-8-10-20(11-9-18)16-31-26(27)22(19(2)29-31)12-13-25(34)35-17-24(33)30(15-14-23(28)32)21-6-4-3-5-7-21/h3-13H,14-17H2,1-2H3,(H2,28,32)/b13-12+. The van der Waals surface area contributed by atoms with Crippen LogP contribution in [0.4, 0.5) is 5.69 Å². The number of amides is 2. The van der Waals surface area contributed by atoms with Crippen LogP contribution in [0.25, 0.3) is 6.08 Å². The molecule has 3 aromatic rings. The van der Waals surface area contributed by atoms with Gasteiger partial charge in [0.2, 0.25) is 5.91 Å². The highest BCUT2D eigenvalue weighted by atomic mass is 35.5. The van der Waals surface area contributed by atoms with Crippen LogP contribution in [0.1, 0.15) is 28.8 Å². The van der Waals surface area contributed by atoms with Gasteiger partial charge in [0.05, 0.1) is 12.2 Å². The Kier molecular flexibility index (Phi) is 8.80. The number of primary amides is 1. The van der Waals surface area contributed by atoms with Crippen molar-refractivity contribution in [2.45, 2.75) is 26.8 Å². The van der Waals surface area contributed by atoms with Crippen LogP contribution in [0.2, 0.25) is 5.15 Å². The number of hydrogen-bond acceptors (Lipinski definition) is 5. The molecule has 0 radical (unpaired) electrons. The first kappa shape index (κ1) is 25.7. The van der Waals surface area contributed by atoms with E-state index in [-0.39, 0.29) is 13.0 Å². The number of rotatable bonds is 10. The molecule has 0 unspecified atom stereocenters. The Morgan fingerprint density at radius 2 is 1.77 bits per heavy atom.